The normalized spacial score (nSPS) is 15.5. The van der Waals surface area contributed by atoms with E-state index in [4.69, 9.17) is 4.84 Å². The lowest BCUT2D eigenvalue weighted by molar-refractivity contribution is 0.0826. The van der Waals surface area contributed by atoms with Gasteiger partial charge in [-0.3, -0.25) is 9.78 Å². The Kier molecular flexibility index (Phi) is 5.24. The van der Waals surface area contributed by atoms with E-state index in [1.54, 1.807) is 31.3 Å². The van der Waals surface area contributed by atoms with Gasteiger partial charge in [-0.25, -0.2) is 14.4 Å². The summed E-state index contributed by atoms with van der Waals surface area (Å²) < 4.78 is 13.0. The monoisotopic (exact) mass is 393 g/mol. The van der Waals surface area contributed by atoms with Gasteiger partial charge in [0.2, 0.25) is 0 Å². The van der Waals surface area contributed by atoms with E-state index in [9.17, 15) is 9.18 Å². The summed E-state index contributed by atoms with van der Waals surface area (Å²) in [4.78, 5) is 30.9. The lowest BCUT2D eigenvalue weighted by Crippen LogP contribution is -2.25. The van der Waals surface area contributed by atoms with Gasteiger partial charge >= 0.3 is 0 Å². The maximum atomic E-state index is 13.0. The highest BCUT2D eigenvalue weighted by molar-refractivity contribution is 6.01. The zero-order valence-electron chi connectivity index (χ0n) is 15.7. The minimum Gasteiger partial charge on any atom is -0.385 e. The molecule has 1 aliphatic heterocycles. The second kappa shape index (κ2) is 8.14. The Morgan fingerprint density at radius 2 is 2.07 bits per heavy atom. The number of pyridine rings is 1. The third-order valence-electron chi connectivity index (χ3n) is 4.42. The number of aryl methyl sites for hydroxylation is 1. The summed E-state index contributed by atoms with van der Waals surface area (Å²) in [7, 11) is 0. The Hall–Kier alpha value is -3.68. The van der Waals surface area contributed by atoms with E-state index >= 15 is 0 Å². The molecule has 1 unspecified atom stereocenters. The van der Waals surface area contributed by atoms with E-state index in [0.29, 0.717) is 23.7 Å². The van der Waals surface area contributed by atoms with Crippen LogP contribution in [0.1, 0.15) is 47.2 Å². The minimum atomic E-state index is -0.345. The highest BCUT2D eigenvalue weighted by Gasteiger charge is 2.26. The summed E-state index contributed by atoms with van der Waals surface area (Å²) in [6.07, 6.45) is 1.93. The molecule has 3 aromatic rings. The molecule has 0 saturated carbocycles. The van der Waals surface area contributed by atoms with Gasteiger partial charge in [-0.05, 0) is 42.8 Å². The van der Waals surface area contributed by atoms with Crippen molar-refractivity contribution < 1.29 is 15.4 Å². The van der Waals surface area contributed by atoms with Gasteiger partial charge < -0.3 is 10.2 Å². The summed E-state index contributed by atoms with van der Waals surface area (Å²) >= 11 is 0. The number of nitrogens with one attached hydrogen (secondary N) is 1. The molecule has 0 aliphatic carbocycles. The second-order valence-electron chi connectivity index (χ2n) is 6.59. The van der Waals surface area contributed by atoms with E-state index in [2.05, 4.69) is 25.4 Å². The van der Waals surface area contributed by atoms with Crippen molar-refractivity contribution in [2.75, 3.05) is 0 Å². The Balaban J connectivity index is 0.00000256. The zero-order chi connectivity index (χ0) is 20.2. The predicted octanol–water partition coefficient (Wildman–Crippen LogP) is 3.36. The average molecular weight is 393 g/mol. The van der Waals surface area contributed by atoms with Gasteiger partial charge in [0.15, 0.2) is 6.10 Å². The van der Waals surface area contributed by atoms with Crippen molar-refractivity contribution >= 4 is 11.6 Å². The number of rotatable bonds is 5. The van der Waals surface area contributed by atoms with Crippen molar-refractivity contribution in [2.24, 2.45) is 5.16 Å². The lowest BCUT2D eigenvalue weighted by atomic mass is 10.1. The summed E-state index contributed by atoms with van der Waals surface area (Å²) in [6.45, 7) is 1.98. The number of benzene rings is 1. The number of amides is 1. The van der Waals surface area contributed by atoms with Crippen LogP contribution < -0.4 is 5.32 Å². The molecule has 29 heavy (non-hydrogen) atoms. The van der Waals surface area contributed by atoms with Crippen LogP contribution in [0.5, 0.6) is 0 Å². The molecule has 1 atom stereocenters. The Morgan fingerprint density at radius 1 is 1.24 bits per heavy atom. The van der Waals surface area contributed by atoms with Crippen LogP contribution in [0.4, 0.5) is 4.39 Å². The molecule has 2 aromatic heterocycles. The number of hydrogen-bond donors (Lipinski definition) is 1. The van der Waals surface area contributed by atoms with Gasteiger partial charge in [0, 0.05) is 20.6 Å². The Bertz CT molecular complexity index is 1060. The smallest absolute Gasteiger partial charge is 0.270 e. The molecule has 1 aromatic carbocycles. The molecule has 0 fully saturated rings. The fourth-order valence-electron chi connectivity index (χ4n) is 2.96. The van der Waals surface area contributed by atoms with Crippen molar-refractivity contribution in [1.29, 1.82) is 0 Å². The molecule has 7 nitrogen and oxygen atoms in total. The van der Waals surface area contributed by atoms with Crippen molar-refractivity contribution in [3.8, 4) is 0 Å². The van der Waals surface area contributed by atoms with Gasteiger partial charge in [-0.2, -0.15) is 0 Å². The summed E-state index contributed by atoms with van der Waals surface area (Å²) in [6, 6.07) is 13.1. The predicted molar refractivity (Wildman–Crippen MR) is 106 cm³/mol. The molecule has 1 amide bonds. The summed E-state index contributed by atoms with van der Waals surface area (Å²) in [5.41, 5.74) is 2.99. The number of carbonyl (C=O) groups is 1. The van der Waals surface area contributed by atoms with Crippen LogP contribution in [0, 0.1) is 12.7 Å². The van der Waals surface area contributed by atoms with Crippen LogP contribution in [0.2, 0.25) is 0 Å². The van der Waals surface area contributed by atoms with Crippen molar-refractivity contribution in [2.45, 2.75) is 26.0 Å². The fourth-order valence-corrected chi connectivity index (χ4v) is 2.96. The first-order valence-electron chi connectivity index (χ1n) is 9.11. The fraction of sp³-hybridized carbons (Fsp3) is 0.190. The third-order valence-corrected chi connectivity index (χ3v) is 4.42. The SMILES string of the molecule is Cc1nc(C(=O)NCc2ccc(F)cc2)cc(C2=NOC(c3ccccn3)C2)n1.[HH]. The maximum Gasteiger partial charge on any atom is 0.270 e. The quantitative estimate of drug-likeness (QED) is 0.718. The molecule has 1 N–H and O–H groups in total. The van der Waals surface area contributed by atoms with Crippen LogP contribution >= 0.6 is 0 Å². The zero-order valence-corrected chi connectivity index (χ0v) is 15.7. The van der Waals surface area contributed by atoms with Gasteiger partial charge in [0.25, 0.3) is 5.91 Å². The van der Waals surface area contributed by atoms with E-state index in [1.165, 1.54) is 12.1 Å². The van der Waals surface area contributed by atoms with E-state index in [0.717, 1.165) is 11.3 Å². The molecule has 0 bridgehead atoms. The number of halogens is 1. The molecule has 1 aliphatic rings. The van der Waals surface area contributed by atoms with E-state index < -0.39 is 0 Å². The van der Waals surface area contributed by atoms with Crippen LogP contribution in [0.15, 0.2) is 59.9 Å². The molecule has 0 radical (unpaired) electrons. The molecule has 3 heterocycles. The highest BCUT2D eigenvalue weighted by atomic mass is 19.1. The van der Waals surface area contributed by atoms with Crippen molar-refractivity contribution in [3.63, 3.8) is 0 Å². The Morgan fingerprint density at radius 3 is 2.83 bits per heavy atom. The van der Waals surface area contributed by atoms with E-state index in [-0.39, 0.29) is 31.5 Å². The Labute approximate surface area is 168 Å². The lowest BCUT2D eigenvalue weighted by Gasteiger charge is -2.08. The number of carbonyl (C=O) groups excluding carboxylic acids is 1. The topological polar surface area (TPSA) is 89.4 Å². The first-order chi connectivity index (χ1) is 14.1. The molecular weight excluding hydrogens is 373 g/mol. The average Bonchev–Trinajstić information content (AvgIpc) is 3.24. The summed E-state index contributed by atoms with van der Waals surface area (Å²) in [5.74, 6) is -0.208. The first-order valence-corrected chi connectivity index (χ1v) is 9.11. The van der Waals surface area contributed by atoms with Crippen LogP contribution in [0.25, 0.3) is 0 Å². The van der Waals surface area contributed by atoms with Gasteiger partial charge in [-0.15, -0.1) is 0 Å². The summed E-state index contributed by atoms with van der Waals surface area (Å²) in [5, 5.41) is 6.91. The van der Waals surface area contributed by atoms with Gasteiger partial charge in [0.1, 0.15) is 23.0 Å². The van der Waals surface area contributed by atoms with E-state index in [1.807, 2.05) is 18.2 Å². The standard InChI is InChI=1S/C21H18FN5O2.H2/c1-13-25-17(18-11-20(29-27-18)16-4-2-3-9-23-16)10-19(26-13)21(28)24-12-14-5-7-15(22)8-6-14;/h2-10,20H,11-12H2,1H3,(H,24,28);1H. The second-order valence-corrected chi connectivity index (χ2v) is 6.59. The molecule has 0 spiro atoms. The maximum absolute atomic E-state index is 13.0. The number of oxime groups is 1. The van der Waals surface area contributed by atoms with Gasteiger partial charge in [0.05, 0.1) is 11.4 Å². The van der Waals surface area contributed by atoms with Gasteiger partial charge in [-0.1, -0.05) is 23.4 Å². The largest absolute Gasteiger partial charge is 0.385 e. The first kappa shape index (κ1) is 18.7. The van der Waals surface area contributed by atoms with Crippen LogP contribution in [0.3, 0.4) is 0 Å². The number of aromatic nitrogens is 3. The van der Waals surface area contributed by atoms with Crippen molar-refractivity contribution in [1.82, 2.24) is 20.3 Å². The minimum absolute atomic E-state index is 0. The molecule has 0 saturated heterocycles. The number of hydrogen-bond acceptors (Lipinski definition) is 6. The number of nitrogens with zero attached hydrogens (tertiary/aromatic N) is 4. The van der Waals surface area contributed by atoms with Crippen LogP contribution in [-0.2, 0) is 11.4 Å². The molecule has 4 rings (SSSR count). The molecule has 8 heteroatoms. The molecular formula is C21H20FN5O2. The van der Waals surface area contributed by atoms with Crippen molar-refractivity contribution in [3.05, 3.63) is 89.0 Å². The molecule has 148 valence electrons. The third kappa shape index (κ3) is 4.43. The highest BCUT2D eigenvalue weighted by Crippen LogP contribution is 2.27. The van der Waals surface area contributed by atoms with Crippen LogP contribution in [-0.4, -0.2) is 26.6 Å².